The number of hydrogen-bond donors (Lipinski definition) is 0. The van der Waals surface area contributed by atoms with Gasteiger partial charge in [0.15, 0.2) is 17.3 Å². The molecule has 4 rings (SSSR count). The number of methoxy groups -OCH3 is 1. The number of rotatable bonds is 6. The maximum absolute atomic E-state index is 12.2. The number of fused-ring (bicyclic) bond motifs is 1. The van der Waals surface area contributed by atoms with Crippen LogP contribution in [0.1, 0.15) is 10.4 Å². The third kappa shape index (κ3) is 3.36. The highest BCUT2D eigenvalue weighted by Gasteiger charge is 2.17. The summed E-state index contributed by atoms with van der Waals surface area (Å²) < 4.78 is 21.3. The monoisotopic (exact) mass is 370 g/mol. The lowest BCUT2D eigenvalue weighted by atomic mass is 10.1. The Morgan fingerprint density at radius 1 is 1.12 bits per heavy atom. The zero-order valence-electron chi connectivity index (χ0n) is 13.8. The van der Waals surface area contributed by atoms with E-state index >= 15 is 0 Å². The van der Waals surface area contributed by atoms with Gasteiger partial charge >= 0.3 is 0 Å². The summed E-state index contributed by atoms with van der Waals surface area (Å²) in [4.78, 5) is 12.2. The normalized spacial score (nSPS) is 12.2. The molecule has 0 bridgehead atoms. The van der Waals surface area contributed by atoms with Crippen LogP contribution < -0.4 is 14.2 Å². The van der Waals surface area contributed by atoms with Crippen LogP contribution in [0, 0.1) is 0 Å². The Morgan fingerprint density at radius 2 is 1.92 bits per heavy atom. The molecule has 0 amide bonds. The maximum Gasteiger partial charge on any atom is 0.277 e. The minimum absolute atomic E-state index is 0.0273. The molecule has 0 N–H and O–H groups in total. The van der Waals surface area contributed by atoms with Crippen LogP contribution >= 0.6 is 11.8 Å². The molecule has 132 valence electrons. The molecule has 8 heteroatoms. The van der Waals surface area contributed by atoms with E-state index in [-0.39, 0.29) is 18.3 Å². The zero-order chi connectivity index (χ0) is 17.9. The van der Waals surface area contributed by atoms with E-state index in [4.69, 9.17) is 18.6 Å². The molecule has 0 radical (unpaired) electrons. The molecule has 3 aromatic rings. The smallest absolute Gasteiger partial charge is 0.277 e. The second-order valence-corrected chi connectivity index (χ2v) is 6.31. The molecule has 7 nitrogen and oxygen atoms in total. The Hall–Kier alpha value is -3.00. The molecule has 1 aliphatic heterocycles. The summed E-state index contributed by atoms with van der Waals surface area (Å²) in [5, 5.41) is 8.34. The third-order valence-corrected chi connectivity index (χ3v) is 4.58. The number of ketones is 1. The van der Waals surface area contributed by atoms with Gasteiger partial charge in [0.25, 0.3) is 5.22 Å². The average molecular weight is 370 g/mol. The van der Waals surface area contributed by atoms with Gasteiger partial charge in [-0.15, -0.1) is 10.2 Å². The van der Waals surface area contributed by atoms with E-state index in [9.17, 15) is 4.79 Å². The number of Topliss-reactive ketones (excluding diaryl/α,β-unsaturated/α-hetero) is 1. The molecule has 0 saturated carbocycles. The summed E-state index contributed by atoms with van der Waals surface area (Å²) in [5.41, 5.74) is 1.34. The van der Waals surface area contributed by atoms with Gasteiger partial charge in [-0.1, -0.05) is 11.8 Å². The van der Waals surface area contributed by atoms with Gasteiger partial charge < -0.3 is 18.6 Å². The SMILES string of the molecule is COc1ccc(C(=O)CSc2nnc(-c3ccc4c(c3)OCO4)o2)cc1. The number of nitrogens with zero attached hydrogens (tertiary/aromatic N) is 2. The summed E-state index contributed by atoms with van der Waals surface area (Å²) in [7, 11) is 1.58. The van der Waals surface area contributed by atoms with Gasteiger partial charge in [-0.25, -0.2) is 0 Å². The summed E-state index contributed by atoms with van der Waals surface area (Å²) in [5.74, 6) is 2.58. The average Bonchev–Trinajstić information content (AvgIpc) is 3.34. The molecule has 0 atom stereocenters. The summed E-state index contributed by atoms with van der Waals surface area (Å²) in [6.45, 7) is 0.206. The molecular weight excluding hydrogens is 356 g/mol. The molecule has 2 heterocycles. The first-order valence-electron chi connectivity index (χ1n) is 7.76. The van der Waals surface area contributed by atoms with E-state index in [2.05, 4.69) is 10.2 Å². The Bertz CT molecular complexity index is 939. The first-order chi connectivity index (χ1) is 12.7. The molecule has 26 heavy (non-hydrogen) atoms. The number of aromatic nitrogens is 2. The van der Waals surface area contributed by atoms with Crippen LogP contribution in [0.5, 0.6) is 17.2 Å². The van der Waals surface area contributed by atoms with E-state index in [1.807, 2.05) is 6.07 Å². The van der Waals surface area contributed by atoms with Crippen molar-refractivity contribution in [2.24, 2.45) is 0 Å². The standard InChI is InChI=1S/C18H14N2O5S/c1-22-13-5-2-11(3-6-13)14(21)9-26-18-20-19-17(25-18)12-4-7-15-16(8-12)24-10-23-15/h2-8H,9-10H2,1H3. The highest BCUT2D eigenvalue weighted by atomic mass is 32.2. The largest absolute Gasteiger partial charge is 0.497 e. The van der Waals surface area contributed by atoms with Crippen molar-refractivity contribution in [2.75, 3.05) is 19.7 Å². The first-order valence-corrected chi connectivity index (χ1v) is 8.75. The topological polar surface area (TPSA) is 83.7 Å². The van der Waals surface area contributed by atoms with Crippen molar-refractivity contribution in [3.8, 4) is 28.7 Å². The van der Waals surface area contributed by atoms with Gasteiger partial charge in [-0.3, -0.25) is 4.79 Å². The second kappa shape index (κ2) is 7.09. The highest BCUT2D eigenvalue weighted by Crippen LogP contribution is 2.36. The van der Waals surface area contributed by atoms with Crippen molar-refractivity contribution >= 4 is 17.5 Å². The number of benzene rings is 2. The number of ether oxygens (including phenoxy) is 3. The minimum atomic E-state index is -0.0273. The highest BCUT2D eigenvalue weighted by molar-refractivity contribution is 7.99. The van der Waals surface area contributed by atoms with Crippen LogP contribution in [-0.4, -0.2) is 35.6 Å². The Balaban J connectivity index is 1.41. The molecule has 1 aromatic heterocycles. The first kappa shape index (κ1) is 16.5. The maximum atomic E-state index is 12.2. The second-order valence-electron chi connectivity index (χ2n) is 5.38. The Labute approximate surface area is 153 Å². The lowest BCUT2D eigenvalue weighted by Crippen LogP contribution is -2.02. The molecule has 0 unspecified atom stereocenters. The van der Waals surface area contributed by atoms with Gasteiger partial charge in [-0.2, -0.15) is 0 Å². The van der Waals surface area contributed by atoms with E-state index in [0.29, 0.717) is 33.9 Å². The zero-order valence-corrected chi connectivity index (χ0v) is 14.6. The van der Waals surface area contributed by atoms with Crippen LogP contribution in [0.4, 0.5) is 0 Å². The third-order valence-electron chi connectivity index (χ3n) is 3.76. The fourth-order valence-electron chi connectivity index (χ4n) is 2.40. The predicted octanol–water partition coefficient (Wildman–Crippen LogP) is 3.45. The molecule has 0 fully saturated rings. The predicted molar refractivity (Wildman–Crippen MR) is 93.9 cm³/mol. The van der Waals surface area contributed by atoms with Crippen molar-refractivity contribution in [3.05, 3.63) is 48.0 Å². The molecule has 0 spiro atoms. The van der Waals surface area contributed by atoms with Crippen LogP contribution in [0.25, 0.3) is 11.5 Å². The summed E-state index contributed by atoms with van der Waals surface area (Å²) >= 11 is 1.20. The number of carbonyl (C=O) groups excluding carboxylic acids is 1. The van der Waals surface area contributed by atoms with Crippen LogP contribution in [-0.2, 0) is 0 Å². The molecular formula is C18H14N2O5S. The number of thioether (sulfide) groups is 1. The fourth-order valence-corrected chi connectivity index (χ4v) is 3.06. The molecule has 1 aliphatic rings. The minimum Gasteiger partial charge on any atom is -0.497 e. The van der Waals surface area contributed by atoms with Crippen molar-refractivity contribution in [1.29, 1.82) is 0 Å². The van der Waals surface area contributed by atoms with Gasteiger partial charge in [0.1, 0.15) is 5.75 Å². The van der Waals surface area contributed by atoms with Gasteiger partial charge in [0, 0.05) is 11.1 Å². The Kier molecular flexibility index (Phi) is 4.49. The molecule has 0 aliphatic carbocycles. The van der Waals surface area contributed by atoms with Crippen molar-refractivity contribution < 1.29 is 23.4 Å². The summed E-state index contributed by atoms with van der Waals surface area (Å²) in [6, 6.07) is 12.4. The van der Waals surface area contributed by atoms with E-state index < -0.39 is 0 Å². The Morgan fingerprint density at radius 3 is 2.73 bits per heavy atom. The van der Waals surface area contributed by atoms with Gasteiger partial charge in [0.2, 0.25) is 12.7 Å². The lowest BCUT2D eigenvalue weighted by molar-refractivity contribution is 0.102. The van der Waals surface area contributed by atoms with Crippen molar-refractivity contribution in [2.45, 2.75) is 5.22 Å². The molecule has 0 saturated heterocycles. The fraction of sp³-hybridized carbons (Fsp3) is 0.167. The van der Waals surface area contributed by atoms with Crippen molar-refractivity contribution in [1.82, 2.24) is 10.2 Å². The van der Waals surface area contributed by atoms with Crippen LogP contribution in [0.15, 0.2) is 52.1 Å². The van der Waals surface area contributed by atoms with Gasteiger partial charge in [0.05, 0.1) is 12.9 Å². The lowest BCUT2D eigenvalue weighted by Gasteiger charge is -2.01. The van der Waals surface area contributed by atoms with Gasteiger partial charge in [-0.05, 0) is 42.5 Å². The van der Waals surface area contributed by atoms with Crippen molar-refractivity contribution in [3.63, 3.8) is 0 Å². The van der Waals surface area contributed by atoms with E-state index in [1.54, 1.807) is 43.5 Å². The van der Waals surface area contributed by atoms with Crippen LogP contribution in [0.3, 0.4) is 0 Å². The van der Waals surface area contributed by atoms with Crippen LogP contribution in [0.2, 0.25) is 0 Å². The summed E-state index contributed by atoms with van der Waals surface area (Å²) in [6.07, 6.45) is 0. The van der Waals surface area contributed by atoms with E-state index in [0.717, 1.165) is 5.56 Å². The van der Waals surface area contributed by atoms with E-state index in [1.165, 1.54) is 11.8 Å². The number of hydrogen-bond acceptors (Lipinski definition) is 8. The molecule has 2 aromatic carbocycles. The number of carbonyl (C=O) groups is 1. The quantitative estimate of drug-likeness (QED) is 0.482.